The molecule has 1 unspecified atom stereocenters. The minimum Gasteiger partial charge on any atom is -0.478 e. The molecule has 1 aliphatic carbocycles. The highest BCUT2D eigenvalue weighted by molar-refractivity contribution is 5.86. The predicted octanol–water partition coefficient (Wildman–Crippen LogP) is 2.94. The number of hydrogen-bond donors (Lipinski definition) is 1. The van der Waals surface area contributed by atoms with Gasteiger partial charge in [0.05, 0.1) is 17.8 Å². The van der Waals surface area contributed by atoms with Gasteiger partial charge in [-0.15, -0.1) is 0 Å². The largest absolute Gasteiger partial charge is 0.478 e. The van der Waals surface area contributed by atoms with Crippen LogP contribution in [0.5, 0.6) is 0 Å². The summed E-state index contributed by atoms with van der Waals surface area (Å²) in [5.74, 6) is -0.262. The molecule has 0 spiro atoms. The Hall–Kier alpha value is -2.63. The van der Waals surface area contributed by atoms with Crippen molar-refractivity contribution >= 4 is 11.9 Å². The molecule has 2 aliphatic rings. The number of nitrogens with zero attached hydrogens (tertiary/aromatic N) is 3. The molecule has 1 aliphatic heterocycles. The average Bonchev–Trinajstić information content (AvgIpc) is 3.18. The number of carboxylic acid groups (broad SMARTS) is 1. The van der Waals surface area contributed by atoms with E-state index in [-0.39, 0.29) is 17.5 Å². The van der Waals surface area contributed by atoms with Crippen LogP contribution in [0.1, 0.15) is 53.2 Å². The zero-order chi connectivity index (χ0) is 18.8. The molecule has 0 radical (unpaired) electrons. The van der Waals surface area contributed by atoms with Crippen LogP contribution >= 0.6 is 0 Å². The van der Waals surface area contributed by atoms with E-state index in [4.69, 9.17) is 5.11 Å². The van der Waals surface area contributed by atoms with Gasteiger partial charge in [-0.05, 0) is 49.1 Å². The van der Waals surface area contributed by atoms with Gasteiger partial charge in [-0.25, -0.2) is 4.79 Å². The quantitative estimate of drug-likeness (QED) is 0.901. The van der Waals surface area contributed by atoms with E-state index >= 15 is 0 Å². The van der Waals surface area contributed by atoms with Crippen LogP contribution in [0, 0.1) is 5.92 Å². The standard InChI is InChI=1S/C21H25N3O3/c25-20(12-15-5-6-16-3-1-2-4-17(16)11-15)23-9-7-19(8-10-23)24-14-18(13-22-24)21(26)27/h1-4,13-15,19H,5-12H2,(H,26,27). The zero-order valence-electron chi connectivity index (χ0n) is 15.4. The molecule has 1 aromatic carbocycles. The lowest BCUT2D eigenvalue weighted by molar-refractivity contribution is -0.133. The number of aromatic carboxylic acids is 1. The van der Waals surface area contributed by atoms with Gasteiger partial charge in [0.1, 0.15) is 0 Å². The number of aryl methyl sites for hydroxylation is 1. The zero-order valence-corrected chi connectivity index (χ0v) is 15.4. The summed E-state index contributed by atoms with van der Waals surface area (Å²) in [7, 11) is 0. The van der Waals surface area contributed by atoms with Crippen LogP contribution in [-0.4, -0.2) is 44.8 Å². The molecule has 27 heavy (non-hydrogen) atoms. The van der Waals surface area contributed by atoms with Gasteiger partial charge in [0, 0.05) is 25.7 Å². The van der Waals surface area contributed by atoms with Gasteiger partial charge >= 0.3 is 5.97 Å². The van der Waals surface area contributed by atoms with Crippen molar-refractivity contribution < 1.29 is 14.7 Å². The summed E-state index contributed by atoms with van der Waals surface area (Å²) < 4.78 is 1.74. The van der Waals surface area contributed by atoms with Gasteiger partial charge in [-0.2, -0.15) is 5.10 Å². The van der Waals surface area contributed by atoms with Crippen molar-refractivity contribution in [2.24, 2.45) is 5.92 Å². The predicted molar refractivity (Wildman–Crippen MR) is 101 cm³/mol. The number of likely N-dealkylation sites (tertiary alicyclic amines) is 1. The molecular formula is C21H25N3O3. The maximum absolute atomic E-state index is 12.7. The summed E-state index contributed by atoms with van der Waals surface area (Å²) in [6, 6.07) is 8.73. The number of amides is 1. The normalized spacial score (nSPS) is 20.3. The minimum atomic E-state index is -0.956. The number of carbonyl (C=O) groups excluding carboxylic acids is 1. The Bertz CT molecular complexity index is 837. The number of rotatable bonds is 4. The second kappa shape index (κ2) is 7.55. The molecule has 4 rings (SSSR count). The molecule has 6 nitrogen and oxygen atoms in total. The van der Waals surface area contributed by atoms with Crippen LogP contribution in [0.15, 0.2) is 36.7 Å². The van der Waals surface area contributed by atoms with Gasteiger partial charge in [0.25, 0.3) is 0 Å². The van der Waals surface area contributed by atoms with Gasteiger partial charge in [0.15, 0.2) is 0 Å². The van der Waals surface area contributed by atoms with Crippen molar-refractivity contribution in [3.05, 3.63) is 53.3 Å². The summed E-state index contributed by atoms with van der Waals surface area (Å²) in [5, 5.41) is 13.2. The molecule has 1 aromatic heterocycles. The van der Waals surface area contributed by atoms with Crippen molar-refractivity contribution in [2.75, 3.05) is 13.1 Å². The van der Waals surface area contributed by atoms with Gasteiger partial charge in [-0.1, -0.05) is 24.3 Å². The highest BCUT2D eigenvalue weighted by atomic mass is 16.4. The molecule has 1 saturated heterocycles. The van der Waals surface area contributed by atoms with E-state index < -0.39 is 5.97 Å². The van der Waals surface area contributed by atoms with Gasteiger partial charge < -0.3 is 10.0 Å². The smallest absolute Gasteiger partial charge is 0.338 e. The van der Waals surface area contributed by atoms with Crippen LogP contribution in [0.3, 0.4) is 0 Å². The number of carbonyl (C=O) groups is 2. The topological polar surface area (TPSA) is 75.4 Å². The summed E-state index contributed by atoms with van der Waals surface area (Å²) in [6.45, 7) is 1.43. The minimum absolute atomic E-state index is 0.170. The van der Waals surface area contributed by atoms with Crippen molar-refractivity contribution in [2.45, 2.75) is 44.6 Å². The van der Waals surface area contributed by atoms with Crippen LogP contribution < -0.4 is 0 Å². The number of fused-ring (bicyclic) bond motifs is 1. The second-order valence-electron chi connectivity index (χ2n) is 7.71. The lowest BCUT2D eigenvalue weighted by Crippen LogP contribution is -2.40. The number of piperidine rings is 1. The second-order valence-corrected chi connectivity index (χ2v) is 7.71. The van der Waals surface area contributed by atoms with Gasteiger partial charge in [-0.3, -0.25) is 9.48 Å². The highest BCUT2D eigenvalue weighted by Gasteiger charge is 2.27. The molecule has 2 aromatic rings. The molecule has 1 atom stereocenters. The van der Waals surface area contributed by atoms with Crippen LogP contribution in [0.2, 0.25) is 0 Å². The van der Waals surface area contributed by atoms with E-state index in [2.05, 4.69) is 29.4 Å². The summed E-state index contributed by atoms with van der Waals surface area (Å²) in [5.41, 5.74) is 3.04. The molecule has 0 bridgehead atoms. The Morgan fingerprint density at radius 3 is 2.56 bits per heavy atom. The fourth-order valence-electron chi connectivity index (χ4n) is 4.35. The van der Waals surface area contributed by atoms with Crippen LogP contribution in [-0.2, 0) is 17.6 Å². The fourth-order valence-corrected chi connectivity index (χ4v) is 4.35. The van der Waals surface area contributed by atoms with Crippen molar-refractivity contribution in [1.82, 2.24) is 14.7 Å². The Kier molecular flexibility index (Phi) is 4.97. The SMILES string of the molecule is O=C(O)c1cnn(C2CCN(C(=O)CC3CCc4ccccc4C3)CC2)c1. The maximum Gasteiger partial charge on any atom is 0.338 e. The lowest BCUT2D eigenvalue weighted by Gasteiger charge is -2.33. The molecule has 1 amide bonds. The fraction of sp³-hybridized carbons (Fsp3) is 0.476. The molecular weight excluding hydrogens is 342 g/mol. The number of aromatic nitrogens is 2. The monoisotopic (exact) mass is 367 g/mol. The van der Waals surface area contributed by atoms with Crippen LogP contribution in [0.25, 0.3) is 0 Å². The average molecular weight is 367 g/mol. The van der Waals surface area contributed by atoms with E-state index in [9.17, 15) is 9.59 Å². The number of hydrogen-bond acceptors (Lipinski definition) is 3. The van der Waals surface area contributed by atoms with E-state index in [1.807, 2.05) is 4.90 Å². The molecule has 6 heteroatoms. The summed E-state index contributed by atoms with van der Waals surface area (Å²) in [4.78, 5) is 25.7. The lowest BCUT2D eigenvalue weighted by atomic mass is 9.82. The van der Waals surface area contributed by atoms with Gasteiger partial charge in [0.2, 0.25) is 5.91 Å². The van der Waals surface area contributed by atoms with Crippen molar-refractivity contribution in [1.29, 1.82) is 0 Å². The molecule has 142 valence electrons. The van der Waals surface area contributed by atoms with Crippen LogP contribution in [0.4, 0.5) is 0 Å². The van der Waals surface area contributed by atoms with Crippen molar-refractivity contribution in [3.63, 3.8) is 0 Å². The molecule has 2 heterocycles. The first kappa shape index (κ1) is 17.8. The Morgan fingerprint density at radius 2 is 1.85 bits per heavy atom. The molecule has 0 saturated carbocycles. The number of carboxylic acids is 1. The van der Waals surface area contributed by atoms with Crippen molar-refractivity contribution in [3.8, 4) is 0 Å². The first-order valence-electron chi connectivity index (χ1n) is 9.72. The maximum atomic E-state index is 12.7. The third kappa shape index (κ3) is 3.89. The third-order valence-corrected chi connectivity index (χ3v) is 5.95. The molecule has 1 fully saturated rings. The first-order valence-corrected chi connectivity index (χ1v) is 9.72. The summed E-state index contributed by atoms with van der Waals surface area (Å²) >= 11 is 0. The first-order chi connectivity index (χ1) is 13.1. The van der Waals surface area contributed by atoms with E-state index in [1.54, 1.807) is 10.9 Å². The van der Waals surface area contributed by atoms with E-state index in [1.165, 1.54) is 17.3 Å². The van der Waals surface area contributed by atoms with E-state index in [0.29, 0.717) is 12.3 Å². The summed E-state index contributed by atoms with van der Waals surface area (Å²) in [6.07, 6.45) is 8.41. The third-order valence-electron chi connectivity index (χ3n) is 5.95. The Balaban J connectivity index is 1.29. The highest BCUT2D eigenvalue weighted by Crippen LogP contribution is 2.29. The Labute approximate surface area is 158 Å². The Morgan fingerprint density at radius 1 is 1.11 bits per heavy atom. The van der Waals surface area contributed by atoms with E-state index in [0.717, 1.165) is 45.2 Å². The molecule has 1 N–H and O–H groups in total. The number of benzene rings is 1.